The fourth-order valence-electron chi connectivity index (χ4n) is 1.28. The van der Waals surface area contributed by atoms with E-state index in [1.807, 2.05) is 31.2 Å². The highest BCUT2D eigenvalue weighted by atomic mass is 16.5. The van der Waals surface area contributed by atoms with Gasteiger partial charge in [-0.2, -0.15) is 4.98 Å². The molecule has 2 rings (SSSR count). The molecule has 0 spiro atoms. The van der Waals surface area contributed by atoms with Gasteiger partial charge >= 0.3 is 0 Å². The lowest BCUT2D eigenvalue weighted by Crippen LogP contribution is -2.14. The largest absolute Gasteiger partial charge is 0.394 e. The van der Waals surface area contributed by atoms with Crippen molar-refractivity contribution in [3.8, 4) is 11.4 Å². The molecule has 0 saturated carbocycles. The van der Waals surface area contributed by atoms with Gasteiger partial charge in [-0.3, -0.25) is 0 Å². The predicted octanol–water partition coefficient (Wildman–Crippen LogP) is 1.04. The Balaban J connectivity index is 2.28. The monoisotopic (exact) mass is 219 g/mol. The zero-order valence-electron chi connectivity index (χ0n) is 8.92. The molecule has 2 aromatic rings. The fourth-order valence-corrected chi connectivity index (χ4v) is 1.28. The number of aliphatic hydroxyl groups is 1. The van der Waals surface area contributed by atoms with Crippen LogP contribution in [0.3, 0.4) is 0 Å². The number of nitrogens with two attached hydrogens (primary N) is 1. The summed E-state index contributed by atoms with van der Waals surface area (Å²) in [6.45, 7) is 1.79. The van der Waals surface area contributed by atoms with Crippen LogP contribution in [0.25, 0.3) is 11.4 Å². The molecule has 0 aliphatic rings. The SMILES string of the molecule is Cc1ccc(-c2noc([C@H](N)CO)n2)cc1. The van der Waals surface area contributed by atoms with Gasteiger partial charge in [0.05, 0.1) is 6.61 Å². The van der Waals surface area contributed by atoms with Crippen LogP contribution in [0.1, 0.15) is 17.5 Å². The zero-order chi connectivity index (χ0) is 11.5. The first-order chi connectivity index (χ1) is 7.70. The van der Waals surface area contributed by atoms with Gasteiger partial charge in [0.15, 0.2) is 0 Å². The molecule has 0 radical (unpaired) electrons. The molecule has 1 heterocycles. The third-order valence-corrected chi connectivity index (χ3v) is 2.27. The number of aryl methyl sites for hydroxylation is 1. The molecule has 0 aliphatic carbocycles. The van der Waals surface area contributed by atoms with Crippen LogP contribution in [0.5, 0.6) is 0 Å². The number of nitrogens with zero attached hydrogens (tertiary/aromatic N) is 2. The number of benzene rings is 1. The summed E-state index contributed by atoms with van der Waals surface area (Å²) >= 11 is 0. The molecule has 0 amide bonds. The third-order valence-electron chi connectivity index (χ3n) is 2.27. The van der Waals surface area contributed by atoms with Gasteiger partial charge in [0.2, 0.25) is 11.7 Å². The van der Waals surface area contributed by atoms with Crippen LogP contribution in [-0.4, -0.2) is 21.9 Å². The molecule has 3 N–H and O–H groups in total. The summed E-state index contributed by atoms with van der Waals surface area (Å²) in [7, 11) is 0. The lowest BCUT2D eigenvalue weighted by Gasteiger charge is -1.98. The van der Waals surface area contributed by atoms with Crippen molar-refractivity contribution in [3.05, 3.63) is 35.7 Å². The number of rotatable bonds is 3. The maximum Gasteiger partial charge on any atom is 0.246 e. The van der Waals surface area contributed by atoms with Crippen LogP contribution < -0.4 is 5.73 Å². The van der Waals surface area contributed by atoms with E-state index in [0.717, 1.165) is 5.56 Å². The van der Waals surface area contributed by atoms with E-state index in [1.165, 1.54) is 5.56 Å². The average molecular weight is 219 g/mol. The van der Waals surface area contributed by atoms with E-state index in [-0.39, 0.29) is 12.5 Å². The van der Waals surface area contributed by atoms with Gasteiger partial charge in [-0.25, -0.2) is 0 Å². The van der Waals surface area contributed by atoms with E-state index < -0.39 is 6.04 Å². The van der Waals surface area contributed by atoms with Crippen molar-refractivity contribution in [1.29, 1.82) is 0 Å². The summed E-state index contributed by atoms with van der Waals surface area (Å²) in [6, 6.07) is 7.14. The van der Waals surface area contributed by atoms with Crippen molar-refractivity contribution in [2.45, 2.75) is 13.0 Å². The Hall–Kier alpha value is -1.72. The highest BCUT2D eigenvalue weighted by molar-refractivity contribution is 5.54. The number of hydrogen-bond donors (Lipinski definition) is 2. The Kier molecular flexibility index (Phi) is 2.98. The van der Waals surface area contributed by atoms with Crippen LogP contribution in [-0.2, 0) is 0 Å². The molecule has 1 aromatic heterocycles. The Labute approximate surface area is 92.9 Å². The second kappa shape index (κ2) is 4.42. The Morgan fingerprint density at radius 2 is 2.06 bits per heavy atom. The van der Waals surface area contributed by atoms with Crippen molar-refractivity contribution >= 4 is 0 Å². The van der Waals surface area contributed by atoms with E-state index in [1.54, 1.807) is 0 Å². The highest BCUT2D eigenvalue weighted by Crippen LogP contribution is 2.18. The summed E-state index contributed by atoms with van der Waals surface area (Å²) in [6.07, 6.45) is 0. The summed E-state index contributed by atoms with van der Waals surface area (Å²) in [5.74, 6) is 0.733. The minimum Gasteiger partial charge on any atom is -0.394 e. The molecule has 16 heavy (non-hydrogen) atoms. The van der Waals surface area contributed by atoms with Gasteiger partial charge in [-0.1, -0.05) is 35.0 Å². The van der Waals surface area contributed by atoms with Crippen molar-refractivity contribution in [2.75, 3.05) is 6.61 Å². The molecule has 84 valence electrons. The van der Waals surface area contributed by atoms with Crippen molar-refractivity contribution in [1.82, 2.24) is 10.1 Å². The predicted molar refractivity (Wildman–Crippen MR) is 58.5 cm³/mol. The first kappa shape index (κ1) is 10.8. The van der Waals surface area contributed by atoms with E-state index in [2.05, 4.69) is 10.1 Å². The van der Waals surface area contributed by atoms with Crippen LogP contribution in [0.15, 0.2) is 28.8 Å². The Morgan fingerprint density at radius 1 is 1.38 bits per heavy atom. The maximum atomic E-state index is 8.85. The molecular weight excluding hydrogens is 206 g/mol. The molecule has 0 fully saturated rings. The average Bonchev–Trinajstić information content (AvgIpc) is 2.78. The Morgan fingerprint density at radius 3 is 2.69 bits per heavy atom. The summed E-state index contributed by atoms with van der Waals surface area (Å²) in [5, 5.41) is 12.7. The minimum absolute atomic E-state index is 0.213. The standard InChI is InChI=1S/C11H13N3O2/c1-7-2-4-8(5-3-7)10-13-11(16-14-10)9(12)6-15/h2-5,9,15H,6,12H2,1H3/t9-/m1/s1. The molecular formula is C11H13N3O2. The number of aliphatic hydroxyl groups excluding tert-OH is 1. The third kappa shape index (κ3) is 2.10. The summed E-state index contributed by atoms with van der Waals surface area (Å²) in [5.41, 5.74) is 7.60. The van der Waals surface area contributed by atoms with Gasteiger partial charge < -0.3 is 15.4 Å². The first-order valence-corrected chi connectivity index (χ1v) is 4.98. The molecule has 1 aromatic carbocycles. The first-order valence-electron chi connectivity index (χ1n) is 4.98. The Bertz CT molecular complexity index is 464. The fraction of sp³-hybridized carbons (Fsp3) is 0.273. The molecule has 0 bridgehead atoms. The van der Waals surface area contributed by atoms with Gasteiger partial charge in [0.1, 0.15) is 6.04 Å². The number of hydrogen-bond acceptors (Lipinski definition) is 5. The van der Waals surface area contributed by atoms with E-state index in [4.69, 9.17) is 15.4 Å². The van der Waals surface area contributed by atoms with Crippen LogP contribution >= 0.6 is 0 Å². The summed E-state index contributed by atoms with van der Waals surface area (Å²) in [4.78, 5) is 4.12. The van der Waals surface area contributed by atoms with Gasteiger partial charge in [-0.15, -0.1) is 0 Å². The van der Waals surface area contributed by atoms with Crippen molar-refractivity contribution in [2.24, 2.45) is 5.73 Å². The van der Waals surface area contributed by atoms with E-state index in [9.17, 15) is 0 Å². The molecule has 0 aliphatic heterocycles. The van der Waals surface area contributed by atoms with Gasteiger partial charge in [0.25, 0.3) is 0 Å². The van der Waals surface area contributed by atoms with Gasteiger partial charge in [0, 0.05) is 5.56 Å². The zero-order valence-corrected chi connectivity index (χ0v) is 8.92. The van der Waals surface area contributed by atoms with Gasteiger partial charge in [-0.05, 0) is 6.92 Å². The lowest BCUT2D eigenvalue weighted by atomic mass is 10.1. The normalized spacial score (nSPS) is 12.7. The van der Waals surface area contributed by atoms with Crippen LogP contribution in [0.4, 0.5) is 0 Å². The topological polar surface area (TPSA) is 85.2 Å². The van der Waals surface area contributed by atoms with Crippen LogP contribution in [0, 0.1) is 6.92 Å². The molecule has 5 nitrogen and oxygen atoms in total. The number of aromatic nitrogens is 2. The van der Waals surface area contributed by atoms with E-state index >= 15 is 0 Å². The highest BCUT2D eigenvalue weighted by Gasteiger charge is 2.14. The second-order valence-electron chi connectivity index (χ2n) is 3.61. The van der Waals surface area contributed by atoms with Crippen molar-refractivity contribution in [3.63, 3.8) is 0 Å². The quantitative estimate of drug-likeness (QED) is 0.805. The van der Waals surface area contributed by atoms with Crippen molar-refractivity contribution < 1.29 is 9.63 Å². The maximum absolute atomic E-state index is 8.85. The summed E-state index contributed by atoms with van der Waals surface area (Å²) < 4.78 is 4.96. The minimum atomic E-state index is -0.619. The molecule has 0 unspecified atom stereocenters. The van der Waals surface area contributed by atoms with Crippen LogP contribution in [0.2, 0.25) is 0 Å². The molecule has 5 heteroatoms. The molecule has 1 atom stereocenters. The second-order valence-corrected chi connectivity index (χ2v) is 3.61. The van der Waals surface area contributed by atoms with E-state index in [0.29, 0.717) is 5.82 Å². The smallest absolute Gasteiger partial charge is 0.246 e. The molecule has 0 saturated heterocycles. The lowest BCUT2D eigenvalue weighted by molar-refractivity contribution is 0.237.